The molecule has 1 aliphatic rings. The number of benzene rings is 5. The molecule has 14 nitrogen and oxygen atoms in total. The van der Waals surface area contributed by atoms with Gasteiger partial charge in [0.25, 0.3) is 5.91 Å². The molecule has 0 radical (unpaired) electrons. The quantitative estimate of drug-likeness (QED) is 0.0334. The highest BCUT2D eigenvalue weighted by molar-refractivity contribution is 7.22. The van der Waals surface area contributed by atoms with Crippen molar-refractivity contribution in [1.29, 1.82) is 0 Å². The molecule has 0 saturated carbocycles. The van der Waals surface area contributed by atoms with Crippen LogP contribution in [-0.2, 0) is 20.8 Å². The second-order valence-electron chi connectivity index (χ2n) is 19.8. The lowest BCUT2D eigenvalue weighted by Crippen LogP contribution is -2.57. The molecule has 16 heteroatoms. The Morgan fingerprint density at radius 3 is 2.15 bits per heavy atom. The number of nitrogens with one attached hydrogen (secondary N) is 3. The minimum Gasteiger partial charge on any atom is -0.508 e. The molecule has 3 heterocycles. The Bertz CT molecular complexity index is 3130. The maximum Gasteiger partial charge on any atom is 0.251 e. The third-order valence-corrected chi connectivity index (χ3v) is 15.4. The number of thiophene rings is 1. The number of phenolic OH excluding ortho intramolecular Hbond substituents is 2. The van der Waals surface area contributed by atoms with E-state index in [2.05, 4.69) is 20.9 Å². The van der Waals surface area contributed by atoms with Crippen LogP contribution in [0.5, 0.6) is 17.2 Å². The van der Waals surface area contributed by atoms with Crippen molar-refractivity contribution in [2.45, 2.75) is 91.0 Å². The number of aliphatic hydroxyl groups excluding tert-OH is 1. The third-order valence-electron chi connectivity index (χ3n) is 13.2. The zero-order valence-corrected chi connectivity index (χ0v) is 43.6. The second kappa shape index (κ2) is 23.2. The van der Waals surface area contributed by atoms with Crippen LogP contribution in [0.4, 0.5) is 0 Å². The Labute approximate surface area is 438 Å². The van der Waals surface area contributed by atoms with Crippen molar-refractivity contribution in [3.8, 4) is 38.1 Å². The highest BCUT2D eigenvalue weighted by atomic mass is 32.1. The van der Waals surface area contributed by atoms with E-state index < -0.39 is 29.5 Å². The number of unbranched alkanes of at least 4 members (excludes halogenated alkanes) is 1. The van der Waals surface area contributed by atoms with Gasteiger partial charge in [0.2, 0.25) is 17.7 Å². The lowest BCUT2D eigenvalue weighted by Gasteiger charge is -2.35. The van der Waals surface area contributed by atoms with Crippen LogP contribution in [0.15, 0.2) is 121 Å². The van der Waals surface area contributed by atoms with Gasteiger partial charge in [-0.1, -0.05) is 69.3 Å². The Hall–Kier alpha value is -7.40. The maximum atomic E-state index is 14.1. The molecular formula is C58H61N5O9S2. The molecule has 0 spiro atoms. The fourth-order valence-electron chi connectivity index (χ4n) is 9.05. The standard InChI is InChI=1S/C58H61N5O9S2/c1-34(37-11-15-39(16-12-37)52-35(2)60-33-73-52)61-56(70)47-30-44(66)32-63(47)57(71)54(58(3,4)5)62-49(67)8-6-7-29-72-45-24-9-36(10-25-45)27-28-59-55(69)41-17-13-38(14-18-41)51(68)50-46-26-23-43(65)31-48(46)74-53(50)40-19-21-42(64)22-20-40/h9-26,31,33-34,44,47,54,64-66H,6-8,27-30,32H2,1-5H3,(H,59,69)(H,61,70)(H,62,67)/t34-,44+,47-,54+/m1/s1. The number of thiazole rings is 1. The third kappa shape index (κ3) is 12.7. The summed E-state index contributed by atoms with van der Waals surface area (Å²) in [6.07, 6.45) is 1.07. The molecule has 2 aromatic heterocycles. The summed E-state index contributed by atoms with van der Waals surface area (Å²) in [6.45, 7) is 10.2. The second-order valence-corrected chi connectivity index (χ2v) is 21.7. The minimum atomic E-state index is -0.923. The molecule has 0 aliphatic carbocycles. The fraction of sp³-hybridized carbons (Fsp3) is 0.310. The number of nitrogens with zero attached hydrogens (tertiary/aromatic N) is 2. The van der Waals surface area contributed by atoms with Crippen LogP contribution in [0, 0.1) is 12.3 Å². The number of rotatable bonds is 19. The predicted molar refractivity (Wildman–Crippen MR) is 289 cm³/mol. The number of amides is 4. The lowest BCUT2D eigenvalue weighted by atomic mass is 9.85. The summed E-state index contributed by atoms with van der Waals surface area (Å²) in [4.78, 5) is 75.7. The van der Waals surface area contributed by atoms with Crippen molar-refractivity contribution >= 4 is 62.2 Å². The number of aryl methyl sites for hydroxylation is 1. The summed E-state index contributed by atoms with van der Waals surface area (Å²) in [5, 5.41) is 40.2. The van der Waals surface area contributed by atoms with E-state index in [-0.39, 0.29) is 60.4 Å². The summed E-state index contributed by atoms with van der Waals surface area (Å²) in [5.41, 5.74) is 7.09. The van der Waals surface area contributed by atoms with Crippen LogP contribution in [0.3, 0.4) is 0 Å². The van der Waals surface area contributed by atoms with Crippen LogP contribution in [0.25, 0.3) is 31.0 Å². The molecule has 4 atom stereocenters. The first kappa shape index (κ1) is 52.9. The molecule has 4 amide bonds. The number of fused-ring (bicyclic) bond motifs is 1. The summed E-state index contributed by atoms with van der Waals surface area (Å²) in [7, 11) is 0. The van der Waals surface area contributed by atoms with Crippen LogP contribution in [0.1, 0.15) is 103 Å². The van der Waals surface area contributed by atoms with Crippen LogP contribution < -0.4 is 20.7 Å². The van der Waals surface area contributed by atoms with Gasteiger partial charge < -0.3 is 40.9 Å². The Balaban J connectivity index is 0.758. The molecule has 8 rings (SSSR count). The van der Waals surface area contributed by atoms with Crippen molar-refractivity contribution < 1.29 is 44.0 Å². The summed E-state index contributed by atoms with van der Waals surface area (Å²) in [5.74, 6) is -0.692. The number of phenols is 2. The molecular weight excluding hydrogens is 975 g/mol. The molecule has 0 bridgehead atoms. The molecule has 1 fully saturated rings. The molecule has 74 heavy (non-hydrogen) atoms. The number of β-amino-alcohol motifs (C(OH)–C–C–N with tert-alkyl or cyclic N) is 1. The number of ketones is 1. The van der Waals surface area contributed by atoms with Crippen molar-refractivity contribution in [2.75, 3.05) is 19.7 Å². The zero-order valence-electron chi connectivity index (χ0n) is 42.0. The van der Waals surface area contributed by atoms with Gasteiger partial charge in [0.15, 0.2) is 5.78 Å². The van der Waals surface area contributed by atoms with E-state index in [0.717, 1.165) is 37.5 Å². The molecule has 1 aliphatic heterocycles. The number of hydrogen-bond acceptors (Lipinski definition) is 12. The average Bonchev–Trinajstić information content (AvgIpc) is 4.12. The number of hydrogen-bond donors (Lipinski definition) is 6. The normalized spacial score (nSPS) is 15.4. The van der Waals surface area contributed by atoms with Gasteiger partial charge >= 0.3 is 0 Å². The van der Waals surface area contributed by atoms with Crippen LogP contribution >= 0.6 is 22.7 Å². The number of aromatic nitrogens is 1. The van der Waals surface area contributed by atoms with Gasteiger partial charge in [0.1, 0.15) is 29.3 Å². The summed E-state index contributed by atoms with van der Waals surface area (Å²) < 4.78 is 6.70. The van der Waals surface area contributed by atoms with E-state index in [4.69, 9.17) is 4.74 Å². The topological polar surface area (TPSA) is 207 Å². The van der Waals surface area contributed by atoms with Crippen LogP contribution in [-0.4, -0.2) is 92.5 Å². The van der Waals surface area contributed by atoms with Crippen molar-refractivity contribution in [3.05, 3.63) is 154 Å². The summed E-state index contributed by atoms with van der Waals surface area (Å²) >= 11 is 2.95. The van der Waals surface area contributed by atoms with Crippen molar-refractivity contribution in [2.24, 2.45) is 5.41 Å². The SMILES string of the molecule is Cc1ncsc1-c1ccc([C@@H](C)NC(=O)[C@H]2C[C@H](O)CN2C(=O)[C@H](NC(=O)CCCCOc2ccc(CCNC(=O)c3ccc(C(=O)c4c(-c5ccc(O)cc5)sc5cc(O)ccc45)cc3)cc2)C(C)(C)C)cc1. The van der Waals surface area contributed by atoms with E-state index in [1.165, 1.54) is 16.2 Å². The molecule has 7 aromatic rings. The van der Waals surface area contributed by atoms with Gasteiger partial charge in [-0.15, -0.1) is 22.7 Å². The van der Waals surface area contributed by atoms with Crippen molar-refractivity contribution in [3.63, 3.8) is 0 Å². The van der Waals surface area contributed by atoms with E-state index in [1.807, 2.05) is 88.7 Å². The van der Waals surface area contributed by atoms with Gasteiger partial charge in [-0.05, 0) is 128 Å². The van der Waals surface area contributed by atoms with Gasteiger partial charge in [-0.2, -0.15) is 0 Å². The number of carbonyl (C=O) groups excluding carboxylic acids is 5. The first-order valence-electron chi connectivity index (χ1n) is 24.7. The Morgan fingerprint density at radius 2 is 1.47 bits per heavy atom. The fourth-order valence-corrected chi connectivity index (χ4v) is 11.1. The monoisotopic (exact) mass is 1040 g/mol. The Morgan fingerprint density at radius 1 is 0.811 bits per heavy atom. The van der Waals surface area contributed by atoms with E-state index in [0.29, 0.717) is 65.1 Å². The molecule has 1 saturated heterocycles. The number of aromatic hydroxyl groups is 2. The molecule has 6 N–H and O–H groups in total. The molecule has 0 unspecified atom stereocenters. The van der Waals surface area contributed by atoms with E-state index in [9.17, 15) is 39.3 Å². The minimum absolute atomic E-state index is 0.0109. The van der Waals surface area contributed by atoms with Gasteiger partial charge in [-0.25, -0.2) is 4.98 Å². The van der Waals surface area contributed by atoms with Crippen LogP contribution in [0.2, 0.25) is 0 Å². The largest absolute Gasteiger partial charge is 0.508 e. The maximum absolute atomic E-state index is 14.1. The van der Waals surface area contributed by atoms with Gasteiger partial charge in [0.05, 0.1) is 34.8 Å². The zero-order chi connectivity index (χ0) is 52.7. The number of carbonyl (C=O) groups is 5. The Kier molecular flexibility index (Phi) is 16.6. The van der Waals surface area contributed by atoms with Gasteiger partial charge in [-0.3, -0.25) is 24.0 Å². The van der Waals surface area contributed by atoms with E-state index >= 15 is 0 Å². The predicted octanol–water partition coefficient (Wildman–Crippen LogP) is 9.53. The molecule has 384 valence electrons. The van der Waals surface area contributed by atoms with E-state index in [1.54, 1.807) is 78.1 Å². The van der Waals surface area contributed by atoms with Crippen molar-refractivity contribution in [1.82, 2.24) is 25.8 Å². The average molecular weight is 1040 g/mol. The summed E-state index contributed by atoms with van der Waals surface area (Å²) in [6, 6.07) is 31.4. The highest BCUT2D eigenvalue weighted by Crippen LogP contribution is 2.41. The van der Waals surface area contributed by atoms with Gasteiger partial charge in [0, 0.05) is 57.6 Å². The lowest BCUT2D eigenvalue weighted by molar-refractivity contribution is -0.144. The number of likely N-dealkylation sites (tertiary alicyclic amines) is 1. The first-order chi connectivity index (χ1) is 35.4. The number of ether oxygens (including phenoxy) is 1. The first-order valence-corrected chi connectivity index (χ1v) is 26.4. The smallest absolute Gasteiger partial charge is 0.251 e. The number of aliphatic hydroxyl groups is 1. The molecule has 5 aromatic carbocycles. The highest BCUT2D eigenvalue weighted by Gasteiger charge is 2.44.